The summed E-state index contributed by atoms with van der Waals surface area (Å²) in [5.41, 5.74) is 7.65. The van der Waals surface area contributed by atoms with Crippen molar-refractivity contribution in [1.82, 2.24) is 4.98 Å². The molecule has 2 heterocycles. The first-order valence-corrected chi connectivity index (χ1v) is 6.11. The molecule has 90 valence electrons. The van der Waals surface area contributed by atoms with Crippen molar-refractivity contribution in [2.75, 3.05) is 0 Å². The highest BCUT2D eigenvalue weighted by molar-refractivity contribution is 7.12. The van der Waals surface area contributed by atoms with Gasteiger partial charge in [0.25, 0.3) is 0 Å². The first kappa shape index (κ1) is 10.8. The Labute approximate surface area is 106 Å². The van der Waals surface area contributed by atoms with Gasteiger partial charge in [-0.3, -0.25) is 4.98 Å². The molecule has 0 saturated carbocycles. The van der Waals surface area contributed by atoms with Crippen LogP contribution in [0.25, 0.3) is 11.1 Å². The summed E-state index contributed by atoms with van der Waals surface area (Å²) < 4.78 is 4.96. The number of nitrogens with zero attached hydrogens (tertiary/aromatic N) is 1. The Morgan fingerprint density at radius 1 is 1.39 bits per heavy atom. The number of nitrogens with one attached hydrogen (secondary N) is 1. The largest absolute Gasteiger partial charge is 0.417 e. The molecule has 2 aromatic heterocycles. The summed E-state index contributed by atoms with van der Waals surface area (Å²) in [6.45, 7) is 0. The van der Waals surface area contributed by atoms with E-state index in [1.807, 2.05) is 17.5 Å². The summed E-state index contributed by atoms with van der Waals surface area (Å²) in [6.07, 6.45) is 0. The molecule has 0 saturated heterocycles. The molecule has 0 aliphatic heterocycles. The van der Waals surface area contributed by atoms with Crippen LogP contribution in [0.5, 0.6) is 0 Å². The number of thiophene rings is 1. The Morgan fingerprint density at radius 3 is 3.06 bits per heavy atom. The number of hydrogen-bond donors (Lipinski definition) is 2. The minimum atomic E-state index is -0.475. The number of nitrogens with two attached hydrogens (primary N) is 1. The molecule has 5 nitrogen and oxygen atoms in total. The molecule has 0 spiro atoms. The average molecular weight is 259 g/mol. The second-order valence-electron chi connectivity index (χ2n) is 3.67. The second-order valence-corrected chi connectivity index (χ2v) is 4.62. The zero-order chi connectivity index (χ0) is 12.5. The van der Waals surface area contributed by atoms with Crippen LogP contribution in [-0.2, 0) is 0 Å². The maximum atomic E-state index is 11.0. The summed E-state index contributed by atoms with van der Waals surface area (Å²) in [4.78, 5) is 18.8. The van der Waals surface area contributed by atoms with Gasteiger partial charge in [-0.25, -0.2) is 9.79 Å². The van der Waals surface area contributed by atoms with Crippen LogP contribution in [0.15, 0.2) is 49.9 Å². The summed E-state index contributed by atoms with van der Waals surface area (Å²) >= 11 is 1.52. The maximum absolute atomic E-state index is 11.0. The van der Waals surface area contributed by atoms with E-state index in [2.05, 4.69) is 9.98 Å². The highest BCUT2D eigenvalue weighted by Crippen LogP contribution is 2.20. The zero-order valence-electron chi connectivity index (χ0n) is 9.21. The van der Waals surface area contributed by atoms with Crippen molar-refractivity contribution in [3.8, 4) is 0 Å². The van der Waals surface area contributed by atoms with Gasteiger partial charge in [0.15, 0.2) is 5.58 Å². The molecule has 1 aromatic carbocycles. The van der Waals surface area contributed by atoms with Gasteiger partial charge in [-0.1, -0.05) is 6.07 Å². The molecule has 6 heteroatoms. The van der Waals surface area contributed by atoms with E-state index in [1.54, 1.807) is 18.2 Å². The maximum Gasteiger partial charge on any atom is 0.417 e. The van der Waals surface area contributed by atoms with Crippen molar-refractivity contribution in [3.63, 3.8) is 0 Å². The number of aromatic nitrogens is 1. The topological polar surface area (TPSA) is 84.4 Å². The predicted molar refractivity (Wildman–Crippen MR) is 71.5 cm³/mol. The monoisotopic (exact) mass is 259 g/mol. The SMILES string of the molecule is NC(=Nc1ccc2[nH]c(=O)oc2c1)c1cccs1. The van der Waals surface area contributed by atoms with Crippen LogP contribution < -0.4 is 11.5 Å². The third-order valence-corrected chi connectivity index (χ3v) is 3.32. The Morgan fingerprint density at radius 2 is 2.28 bits per heavy atom. The van der Waals surface area contributed by atoms with E-state index in [4.69, 9.17) is 10.2 Å². The van der Waals surface area contributed by atoms with Crippen LogP contribution >= 0.6 is 11.3 Å². The van der Waals surface area contributed by atoms with Crippen molar-refractivity contribution < 1.29 is 4.42 Å². The Hall–Kier alpha value is -2.34. The fourth-order valence-corrected chi connectivity index (χ4v) is 2.25. The summed E-state index contributed by atoms with van der Waals surface area (Å²) in [6, 6.07) is 9.00. The number of H-pyrrole nitrogens is 1. The lowest BCUT2D eigenvalue weighted by atomic mass is 10.3. The van der Waals surface area contributed by atoms with Crippen LogP contribution in [0, 0.1) is 0 Å². The summed E-state index contributed by atoms with van der Waals surface area (Å²) in [5, 5.41) is 1.94. The standard InChI is InChI=1S/C12H9N3O2S/c13-11(10-2-1-5-18-10)14-7-3-4-8-9(6-7)17-12(16)15-8/h1-6H,(H2,13,14)(H,15,16). The predicted octanol–water partition coefficient (Wildman–Crippen LogP) is 2.22. The summed E-state index contributed by atoms with van der Waals surface area (Å²) in [5.74, 6) is -0.0282. The van der Waals surface area contributed by atoms with Gasteiger partial charge < -0.3 is 10.2 Å². The van der Waals surface area contributed by atoms with Crippen LogP contribution in [0.1, 0.15) is 4.88 Å². The van der Waals surface area contributed by atoms with Gasteiger partial charge in [0.1, 0.15) is 5.84 Å². The van der Waals surface area contributed by atoms with E-state index < -0.39 is 5.76 Å². The molecular weight excluding hydrogens is 250 g/mol. The number of fused-ring (bicyclic) bond motifs is 1. The van der Waals surface area contributed by atoms with Gasteiger partial charge >= 0.3 is 5.76 Å². The second kappa shape index (κ2) is 4.15. The molecule has 0 atom stereocenters. The van der Waals surface area contributed by atoms with Gasteiger partial charge in [0, 0.05) is 6.07 Å². The molecule has 0 radical (unpaired) electrons. The fourth-order valence-electron chi connectivity index (χ4n) is 1.62. The molecule has 0 bridgehead atoms. The first-order valence-electron chi connectivity index (χ1n) is 5.23. The normalized spacial score (nSPS) is 12.1. The van der Waals surface area contributed by atoms with Gasteiger partial charge in [0.2, 0.25) is 0 Å². The van der Waals surface area contributed by atoms with Gasteiger partial charge in [-0.15, -0.1) is 11.3 Å². The Bertz CT molecular complexity index is 768. The van der Waals surface area contributed by atoms with E-state index in [0.29, 0.717) is 22.6 Å². The molecule has 0 amide bonds. The van der Waals surface area contributed by atoms with E-state index in [0.717, 1.165) is 4.88 Å². The molecular formula is C12H9N3O2S. The Kier molecular flexibility index (Phi) is 2.49. The molecule has 0 unspecified atom stereocenters. The molecule has 0 aliphatic rings. The minimum absolute atomic E-state index is 0.447. The van der Waals surface area contributed by atoms with E-state index in [-0.39, 0.29) is 0 Å². The first-order chi connectivity index (χ1) is 8.72. The van der Waals surface area contributed by atoms with Crippen LogP contribution in [-0.4, -0.2) is 10.8 Å². The third-order valence-electron chi connectivity index (χ3n) is 2.43. The molecule has 18 heavy (non-hydrogen) atoms. The quantitative estimate of drug-likeness (QED) is 0.546. The van der Waals surface area contributed by atoms with Crippen molar-refractivity contribution in [2.45, 2.75) is 0 Å². The lowest BCUT2D eigenvalue weighted by molar-refractivity contribution is 0.555. The Balaban J connectivity index is 2.04. The molecule has 3 aromatic rings. The van der Waals surface area contributed by atoms with Gasteiger partial charge in [-0.2, -0.15) is 0 Å². The van der Waals surface area contributed by atoms with Gasteiger partial charge in [-0.05, 0) is 23.6 Å². The van der Waals surface area contributed by atoms with Crippen LogP contribution in [0.2, 0.25) is 0 Å². The third kappa shape index (κ3) is 1.93. The number of oxazole rings is 1. The lowest BCUT2D eigenvalue weighted by Gasteiger charge is -1.97. The van der Waals surface area contributed by atoms with Crippen LogP contribution in [0.3, 0.4) is 0 Å². The number of amidine groups is 1. The van der Waals surface area contributed by atoms with Crippen molar-refractivity contribution in [3.05, 3.63) is 51.1 Å². The van der Waals surface area contributed by atoms with Crippen LogP contribution in [0.4, 0.5) is 5.69 Å². The smallest absolute Gasteiger partial charge is 0.408 e. The molecule has 3 N–H and O–H groups in total. The highest BCUT2D eigenvalue weighted by Gasteiger charge is 2.03. The zero-order valence-corrected chi connectivity index (χ0v) is 10.0. The van der Waals surface area contributed by atoms with Crippen molar-refractivity contribution in [1.29, 1.82) is 0 Å². The molecule has 0 fully saturated rings. The van der Waals surface area contributed by atoms with Crippen molar-refractivity contribution in [2.24, 2.45) is 10.7 Å². The number of benzene rings is 1. The number of aromatic amines is 1. The van der Waals surface area contributed by atoms with Gasteiger partial charge in [0.05, 0.1) is 16.1 Å². The fraction of sp³-hybridized carbons (Fsp3) is 0. The molecule has 3 rings (SSSR count). The number of hydrogen-bond acceptors (Lipinski definition) is 4. The molecule has 0 aliphatic carbocycles. The highest BCUT2D eigenvalue weighted by atomic mass is 32.1. The number of aliphatic imine (C=N–C) groups is 1. The summed E-state index contributed by atoms with van der Waals surface area (Å²) in [7, 11) is 0. The number of rotatable bonds is 2. The minimum Gasteiger partial charge on any atom is -0.408 e. The van der Waals surface area contributed by atoms with E-state index >= 15 is 0 Å². The van der Waals surface area contributed by atoms with E-state index in [1.165, 1.54) is 11.3 Å². The van der Waals surface area contributed by atoms with E-state index in [9.17, 15) is 4.79 Å². The van der Waals surface area contributed by atoms with Crippen molar-refractivity contribution >= 4 is 34.0 Å². The average Bonchev–Trinajstić information content (AvgIpc) is 2.95. The lowest BCUT2D eigenvalue weighted by Crippen LogP contribution is -2.10.